The predicted molar refractivity (Wildman–Crippen MR) is 52.9 cm³/mol. The maximum Gasteiger partial charge on any atom is -0.0352 e. The molecular weight excluding hydrogens is 144 g/mol. The average Bonchev–Trinajstić information content (AvgIpc) is 2.79. The second-order valence-corrected chi connectivity index (χ2v) is 5.18. The molecule has 0 aromatic rings. The lowest BCUT2D eigenvalue weighted by Crippen LogP contribution is -2.23. The van der Waals surface area contributed by atoms with E-state index >= 15 is 0 Å². The second-order valence-electron chi connectivity index (χ2n) is 5.18. The van der Waals surface area contributed by atoms with E-state index in [0.29, 0.717) is 0 Å². The highest BCUT2D eigenvalue weighted by molar-refractivity contribution is 4.99. The summed E-state index contributed by atoms with van der Waals surface area (Å²) in [5.41, 5.74) is 0. The van der Waals surface area contributed by atoms with Gasteiger partial charge in [0.15, 0.2) is 0 Å². The molecule has 0 amide bonds. The molecule has 2 fully saturated rings. The van der Waals surface area contributed by atoms with Crippen LogP contribution in [0.4, 0.5) is 0 Å². The van der Waals surface area contributed by atoms with Gasteiger partial charge in [0.1, 0.15) is 0 Å². The van der Waals surface area contributed by atoms with Crippen molar-refractivity contribution in [1.82, 2.24) is 0 Å². The minimum absolute atomic E-state index is 1.00. The van der Waals surface area contributed by atoms with E-state index in [1.165, 1.54) is 19.3 Å². The number of rotatable bonds is 2. The Bertz CT molecular complexity index is 159. The Kier molecular flexibility index (Phi) is 2.18. The number of hydrogen-bond donors (Lipinski definition) is 0. The molecule has 2 saturated carbocycles. The van der Waals surface area contributed by atoms with E-state index in [0.717, 1.165) is 29.6 Å². The van der Waals surface area contributed by atoms with Gasteiger partial charge in [0.05, 0.1) is 0 Å². The minimum atomic E-state index is 1.00. The summed E-state index contributed by atoms with van der Waals surface area (Å²) in [6.07, 6.45) is 5.99. The summed E-state index contributed by atoms with van der Waals surface area (Å²) >= 11 is 0. The molecule has 0 heterocycles. The van der Waals surface area contributed by atoms with Crippen LogP contribution in [0.5, 0.6) is 0 Å². The van der Waals surface area contributed by atoms with Crippen LogP contribution in [0.3, 0.4) is 0 Å². The summed E-state index contributed by atoms with van der Waals surface area (Å²) in [4.78, 5) is 0. The summed E-state index contributed by atoms with van der Waals surface area (Å²) < 4.78 is 0. The van der Waals surface area contributed by atoms with Crippen LogP contribution in [0, 0.1) is 29.6 Å². The van der Waals surface area contributed by atoms with E-state index < -0.39 is 0 Å². The fourth-order valence-electron chi connectivity index (χ4n) is 3.37. The van der Waals surface area contributed by atoms with Crippen molar-refractivity contribution in [3.8, 4) is 0 Å². The first-order chi connectivity index (χ1) is 5.74. The molecule has 0 bridgehead atoms. The molecule has 0 spiro atoms. The molecule has 5 unspecified atom stereocenters. The maximum atomic E-state index is 2.47. The monoisotopic (exact) mass is 166 g/mol. The van der Waals surface area contributed by atoms with Gasteiger partial charge in [-0.25, -0.2) is 0 Å². The van der Waals surface area contributed by atoms with E-state index in [1.807, 2.05) is 0 Å². The maximum absolute atomic E-state index is 2.47. The molecule has 0 heteroatoms. The third-order valence-corrected chi connectivity index (χ3v) is 4.40. The summed E-state index contributed by atoms with van der Waals surface area (Å²) in [6, 6.07) is 0. The molecule has 12 heavy (non-hydrogen) atoms. The van der Waals surface area contributed by atoms with Crippen molar-refractivity contribution in [3.05, 3.63) is 0 Å². The van der Waals surface area contributed by atoms with Crippen molar-refractivity contribution >= 4 is 0 Å². The van der Waals surface area contributed by atoms with Crippen LogP contribution >= 0.6 is 0 Å². The summed E-state index contributed by atoms with van der Waals surface area (Å²) in [5.74, 6) is 5.42. The highest BCUT2D eigenvalue weighted by Gasteiger charge is 2.50. The highest BCUT2D eigenvalue weighted by atomic mass is 14.6. The Balaban J connectivity index is 1.94. The second kappa shape index (κ2) is 3.05. The van der Waals surface area contributed by atoms with Gasteiger partial charge >= 0.3 is 0 Å². The van der Waals surface area contributed by atoms with Crippen LogP contribution in [0.15, 0.2) is 0 Å². The zero-order chi connectivity index (χ0) is 8.72. The molecule has 2 rings (SSSR count). The zero-order valence-corrected chi connectivity index (χ0v) is 8.72. The molecule has 0 N–H and O–H groups in total. The molecule has 0 aliphatic heterocycles. The molecular formula is C12H22. The van der Waals surface area contributed by atoms with Crippen LogP contribution in [0.1, 0.15) is 46.5 Å². The van der Waals surface area contributed by atoms with Crippen LogP contribution < -0.4 is 0 Å². The average molecular weight is 166 g/mol. The van der Waals surface area contributed by atoms with Crippen molar-refractivity contribution < 1.29 is 0 Å². The molecule has 2 aliphatic carbocycles. The Hall–Kier alpha value is 0. The molecule has 0 aromatic heterocycles. The Morgan fingerprint density at radius 1 is 1.08 bits per heavy atom. The lowest BCUT2D eigenvalue weighted by Gasteiger charge is -2.31. The Labute approximate surface area is 76.7 Å². The fraction of sp³-hybridized carbons (Fsp3) is 1.00. The third-order valence-electron chi connectivity index (χ3n) is 4.40. The normalized spacial score (nSPS) is 51.8. The Morgan fingerprint density at radius 3 is 2.50 bits per heavy atom. The van der Waals surface area contributed by atoms with Crippen LogP contribution in [-0.4, -0.2) is 0 Å². The number of fused-ring (bicyclic) bond motifs is 1. The van der Waals surface area contributed by atoms with E-state index in [-0.39, 0.29) is 0 Å². The first kappa shape index (κ1) is 8.59. The first-order valence-electron chi connectivity index (χ1n) is 5.74. The van der Waals surface area contributed by atoms with Crippen LogP contribution in [-0.2, 0) is 0 Å². The van der Waals surface area contributed by atoms with Crippen LogP contribution in [0.2, 0.25) is 0 Å². The first-order valence-corrected chi connectivity index (χ1v) is 5.74. The molecule has 0 saturated heterocycles. The van der Waals surface area contributed by atoms with Gasteiger partial charge in [-0.1, -0.05) is 33.6 Å². The predicted octanol–water partition coefficient (Wildman–Crippen LogP) is 3.71. The molecule has 2 aliphatic rings. The largest absolute Gasteiger partial charge is 0.0654 e. The topological polar surface area (TPSA) is 0 Å². The molecule has 5 atom stereocenters. The summed E-state index contributed by atoms with van der Waals surface area (Å²) in [6.45, 7) is 7.26. The minimum Gasteiger partial charge on any atom is -0.0654 e. The van der Waals surface area contributed by atoms with Crippen molar-refractivity contribution in [2.45, 2.75) is 46.5 Å². The van der Waals surface area contributed by atoms with E-state index in [9.17, 15) is 0 Å². The van der Waals surface area contributed by atoms with Crippen LogP contribution in [0.25, 0.3) is 0 Å². The lowest BCUT2D eigenvalue weighted by atomic mass is 9.74. The molecule has 0 nitrogen and oxygen atoms in total. The lowest BCUT2D eigenvalue weighted by molar-refractivity contribution is 0.185. The SMILES string of the molecule is CCCC1CC(C)C(C)C2CC12. The van der Waals surface area contributed by atoms with Gasteiger partial charge in [-0.05, 0) is 42.4 Å². The van der Waals surface area contributed by atoms with Crippen molar-refractivity contribution in [2.75, 3.05) is 0 Å². The van der Waals surface area contributed by atoms with Gasteiger partial charge in [0.25, 0.3) is 0 Å². The summed E-state index contributed by atoms with van der Waals surface area (Å²) in [5, 5.41) is 0. The van der Waals surface area contributed by atoms with E-state index in [2.05, 4.69) is 20.8 Å². The third kappa shape index (κ3) is 1.30. The van der Waals surface area contributed by atoms with Gasteiger partial charge < -0.3 is 0 Å². The molecule has 0 aromatic carbocycles. The van der Waals surface area contributed by atoms with Crippen molar-refractivity contribution in [2.24, 2.45) is 29.6 Å². The molecule has 0 radical (unpaired) electrons. The van der Waals surface area contributed by atoms with Gasteiger partial charge in [-0.2, -0.15) is 0 Å². The smallest absolute Gasteiger partial charge is 0.0352 e. The summed E-state index contributed by atoms with van der Waals surface area (Å²) in [7, 11) is 0. The standard InChI is InChI=1S/C12H22/c1-4-5-10-6-8(2)9(3)11-7-12(10)11/h8-12H,4-7H2,1-3H3. The van der Waals surface area contributed by atoms with Crippen molar-refractivity contribution in [1.29, 1.82) is 0 Å². The van der Waals surface area contributed by atoms with Crippen molar-refractivity contribution in [3.63, 3.8) is 0 Å². The fourth-order valence-corrected chi connectivity index (χ4v) is 3.37. The van der Waals surface area contributed by atoms with E-state index in [1.54, 1.807) is 6.42 Å². The number of hydrogen-bond acceptors (Lipinski definition) is 0. The molecule has 70 valence electrons. The Morgan fingerprint density at radius 2 is 1.83 bits per heavy atom. The van der Waals surface area contributed by atoms with Gasteiger partial charge in [-0.3, -0.25) is 0 Å². The quantitative estimate of drug-likeness (QED) is 0.586. The van der Waals surface area contributed by atoms with Gasteiger partial charge in [-0.15, -0.1) is 0 Å². The highest BCUT2D eigenvalue weighted by Crippen LogP contribution is 2.58. The van der Waals surface area contributed by atoms with Gasteiger partial charge in [0, 0.05) is 0 Å². The van der Waals surface area contributed by atoms with Gasteiger partial charge in [0.2, 0.25) is 0 Å². The zero-order valence-electron chi connectivity index (χ0n) is 8.72. The van der Waals surface area contributed by atoms with E-state index in [4.69, 9.17) is 0 Å².